The first-order valence-electron chi connectivity index (χ1n) is 6.40. The number of para-hydroxylation sites is 1. The van der Waals surface area contributed by atoms with Crippen LogP contribution in [0.3, 0.4) is 0 Å². The van der Waals surface area contributed by atoms with Crippen LogP contribution in [-0.4, -0.2) is 26.6 Å². The molecule has 0 spiro atoms. The summed E-state index contributed by atoms with van der Waals surface area (Å²) in [7, 11) is 3.38. The summed E-state index contributed by atoms with van der Waals surface area (Å²) in [5.74, 6) is 0.774. The van der Waals surface area contributed by atoms with Crippen molar-refractivity contribution in [2.45, 2.75) is 0 Å². The summed E-state index contributed by atoms with van der Waals surface area (Å²) in [6.07, 6.45) is 0. The van der Waals surface area contributed by atoms with E-state index in [1.807, 2.05) is 54.6 Å². The number of carbonyl (C=O) groups excluding carboxylic acids is 1. The molecule has 0 unspecified atom stereocenters. The standard InChI is InChI=1S/C16H18N2O2/c1-18(14-8-10-15(20-2)11-9-14)16(19)12-17-13-6-4-3-5-7-13/h3-11,17H,12H2,1-2H3. The molecule has 0 fully saturated rings. The summed E-state index contributed by atoms with van der Waals surface area (Å²) in [6, 6.07) is 17.1. The molecular weight excluding hydrogens is 252 g/mol. The van der Waals surface area contributed by atoms with Crippen molar-refractivity contribution in [1.29, 1.82) is 0 Å². The third-order valence-corrected chi connectivity index (χ3v) is 3.05. The van der Waals surface area contributed by atoms with Crippen LogP contribution in [0.4, 0.5) is 11.4 Å². The predicted octanol–water partition coefficient (Wildman–Crippen LogP) is 2.77. The van der Waals surface area contributed by atoms with E-state index in [4.69, 9.17) is 4.74 Å². The van der Waals surface area contributed by atoms with Gasteiger partial charge in [-0.25, -0.2) is 0 Å². The quantitative estimate of drug-likeness (QED) is 0.908. The van der Waals surface area contributed by atoms with E-state index < -0.39 is 0 Å². The second-order valence-corrected chi connectivity index (χ2v) is 4.37. The highest BCUT2D eigenvalue weighted by atomic mass is 16.5. The summed E-state index contributed by atoms with van der Waals surface area (Å²) in [4.78, 5) is 13.7. The van der Waals surface area contributed by atoms with E-state index in [-0.39, 0.29) is 12.5 Å². The maximum absolute atomic E-state index is 12.1. The second kappa shape index (κ2) is 6.61. The van der Waals surface area contributed by atoms with Crippen molar-refractivity contribution in [1.82, 2.24) is 0 Å². The van der Waals surface area contributed by atoms with Crippen LogP contribution in [0, 0.1) is 0 Å². The molecule has 2 rings (SSSR count). The second-order valence-electron chi connectivity index (χ2n) is 4.37. The normalized spacial score (nSPS) is 9.90. The lowest BCUT2D eigenvalue weighted by molar-refractivity contribution is -0.116. The Morgan fingerprint density at radius 2 is 1.75 bits per heavy atom. The lowest BCUT2D eigenvalue weighted by Crippen LogP contribution is -2.32. The average molecular weight is 270 g/mol. The molecule has 20 heavy (non-hydrogen) atoms. The van der Waals surface area contributed by atoms with Crippen molar-refractivity contribution in [3.8, 4) is 5.75 Å². The zero-order valence-electron chi connectivity index (χ0n) is 11.7. The number of hydrogen-bond donors (Lipinski definition) is 1. The number of amides is 1. The smallest absolute Gasteiger partial charge is 0.246 e. The van der Waals surface area contributed by atoms with Gasteiger partial charge in [-0.05, 0) is 36.4 Å². The molecule has 2 aromatic carbocycles. The van der Waals surface area contributed by atoms with Gasteiger partial charge in [-0.3, -0.25) is 4.79 Å². The number of nitrogens with zero attached hydrogens (tertiary/aromatic N) is 1. The van der Waals surface area contributed by atoms with Gasteiger partial charge >= 0.3 is 0 Å². The predicted molar refractivity (Wildman–Crippen MR) is 81.3 cm³/mol. The molecule has 4 heteroatoms. The maximum atomic E-state index is 12.1. The van der Waals surface area contributed by atoms with E-state index in [2.05, 4.69) is 5.32 Å². The average Bonchev–Trinajstić information content (AvgIpc) is 2.53. The van der Waals surface area contributed by atoms with Gasteiger partial charge in [0.2, 0.25) is 5.91 Å². The van der Waals surface area contributed by atoms with Crippen LogP contribution in [0.25, 0.3) is 0 Å². The fourth-order valence-electron chi connectivity index (χ4n) is 1.80. The van der Waals surface area contributed by atoms with E-state index in [0.717, 1.165) is 17.1 Å². The highest BCUT2D eigenvalue weighted by Crippen LogP contribution is 2.18. The monoisotopic (exact) mass is 270 g/mol. The number of benzene rings is 2. The Kier molecular flexibility index (Phi) is 4.60. The number of carbonyl (C=O) groups is 1. The minimum atomic E-state index is -0.000908. The fraction of sp³-hybridized carbons (Fsp3) is 0.188. The van der Waals surface area contributed by atoms with E-state index in [1.165, 1.54) is 0 Å². The Morgan fingerprint density at radius 1 is 1.10 bits per heavy atom. The van der Waals surface area contributed by atoms with Crippen molar-refractivity contribution < 1.29 is 9.53 Å². The van der Waals surface area contributed by atoms with Gasteiger partial charge in [0.25, 0.3) is 0 Å². The van der Waals surface area contributed by atoms with Crippen LogP contribution in [0.15, 0.2) is 54.6 Å². The van der Waals surface area contributed by atoms with Crippen LogP contribution >= 0.6 is 0 Å². The molecule has 1 N–H and O–H groups in total. The van der Waals surface area contributed by atoms with Crippen LogP contribution in [0.1, 0.15) is 0 Å². The van der Waals surface area contributed by atoms with Gasteiger partial charge in [-0.15, -0.1) is 0 Å². The number of ether oxygens (including phenoxy) is 1. The first kappa shape index (κ1) is 13.9. The molecular formula is C16H18N2O2. The minimum absolute atomic E-state index is 0.000908. The molecule has 0 heterocycles. The van der Waals surface area contributed by atoms with Crippen molar-refractivity contribution in [2.24, 2.45) is 0 Å². The minimum Gasteiger partial charge on any atom is -0.497 e. The first-order valence-corrected chi connectivity index (χ1v) is 6.40. The van der Waals surface area contributed by atoms with Gasteiger partial charge in [-0.2, -0.15) is 0 Å². The molecule has 0 aliphatic carbocycles. The van der Waals surface area contributed by atoms with Gasteiger partial charge in [0, 0.05) is 18.4 Å². The van der Waals surface area contributed by atoms with Crippen molar-refractivity contribution in [3.05, 3.63) is 54.6 Å². The number of anilines is 2. The number of hydrogen-bond acceptors (Lipinski definition) is 3. The molecule has 0 aliphatic rings. The number of methoxy groups -OCH3 is 1. The van der Waals surface area contributed by atoms with Crippen LogP contribution < -0.4 is 15.0 Å². The molecule has 0 radical (unpaired) electrons. The number of nitrogens with one attached hydrogen (secondary N) is 1. The molecule has 0 bridgehead atoms. The summed E-state index contributed by atoms with van der Waals surface area (Å²) in [6.45, 7) is 0.256. The highest BCUT2D eigenvalue weighted by Gasteiger charge is 2.10. The van der Waals surface area contributed by atoms with Gasteiger partial charge in [0.1, 0.15) is 5.75 Å². The molecule has 0 aromatic heterocycles. The zero-order chi connectivity index (χ0) is 14.4. The Bertz CT molecular complexity index is 552. The van der Waals surface area contributed by atoms with Crippen LogP contribution in [0.2, 0.25) is 0 Å². The summed E-state index contributed by atoms with van der Waals surface area (Å²) in [5.41, 5.74) is 1.77. The lowest BCUT2D eigenvalue weighted by atomic mass is 10.2. The molecule has 1 amide bonds. The Balaban J connectivity index is 1.94. The van der Waals surface area contributed by atoms with E-state index in [9.17, 15) is 4.79 Å². The summed E-state index contributed by atoms with van der Waals surface area (Å²) >= 11 is 0. The summed E-state index contributed by atoms with van der Waals surface area (Å²) < 4.78 is 5.10. The maximum Gasteiger partial charge on any atom is 0.246 e. The number of likely N-dealkylation sites (N-methyl/N-ethyl adjacent to an activating group) is 1. The highest BCUT2D eigenvalue weighted by molar-refractivity contribution is 5.95. The molecule has 0 atom stereocenters. The van der Waals surface area contributed by atoms with Crippen molar-refractivity contribution in [2.75, 3.05) is 30.9 Å². The third kappa shape index (κ3) is 3.51. The van der Waals surface area contributed by atoms with E-state index in [1.54, 1.807) is 19.1 Å². The van der Waals surface area contributed by atoms with Crippen LogP contribution in [-0.2, 0) is 4.79 Å². The summed E-state index contributed by atoms with van der Waals surface area (Å²) in [5, 5.41) is 3.10. The van der Waals surface area contributed by atoms with Gasteiger partial charge in [0.05, 0.1) is 13.7 Å². The lowest BCUT2D eigenvalue weighted by Gasteiger charge is -2.18. The Labute approximate surface area is 119 Å². The SMILES string of the molecule is COc1ccc(N(C)C(=O)CNc2ccccc2)cc1. The topological polar surface area (TPSA) is 41.6 Å². The van der Waals surface area contributed by atoms with Crippen molar-refractivity contribution in [3.63, 3.8) is 0 Å². The molecule has 0 aliphatic heterocycles. The van der Waals surface area contributed by atoms with E-state index in [0.29, 0.717) is 0 Å². The van der Waals surface area contributed by atoms with Gasteiger partial charge in [0.15, 0.2) is 0 Å². The van der Waals surface area contributed by atoms with Gasteiger partial charge in [-0.1, -0.05) is 18.2 Å². The van der Waals surface area contributed by atoms with Crippen LogP contribution in [0.5, 0.6) is 5.75 Å². The van der Waals surface area contributed by atoms with Gasteiger partial charge < -0.3 is 15.0 Å². The Hall–Kier alpha value is -2.49. The van der Waals surface area contributed by atoms with Crippen molar-refractivity contribution >= 4 is 17.3 Å². The fourth-order valence-corrected chi connectivity index (χ4v) is 1.80. The molecule has 0 saturated carbocycles. The first-order chi connectivity index (χ1) is 9.70. The molecule has 2 aromatic rings. The number of rotatable bonds is 5. The third-order valence-electron chi connectivity index (χ3n) is 3.05. The molecule has 104 valence electrons. The molecule has 4 nitrogen and oxygen atoms in total. The molecule has 0 saturated heterocycles. The van der Waals surface area contributed by atoms with E-state index >= 15 is 0 Å². The zero-order valence-corrected chi connectivity index (χ0v) is 11.7. The Morgan fingerprint density at radius 3 is 2.35 bits per heavy atom. The largest absolute Gasteiger partial charge is 0.497 e.